The van der Waals surface area contributed by atoms with Crippen LogP contribution < -0.4 is 0 Å². The first kappa shape index (κ1) is 28.5. The van der Waals surface area contributed by atoms with E-state index in [-0.39, 0.29) is 10.5 Å². The quantitative estimate of drug-likeness (QED) is 0.139. The third-order valence-electron chi connectivity index (χ3n) is 7.15. The zero-order valence-corrected chi connectivity index (χ0v) is 24.4. The van der Waals surface area contributed by atoms with E-state index >= 15 is 0 Å². The Morgan fingerprint density at radius 2 is 0.953 bits per heavy atom. The van der Waals surface area contributed by atoms with Crippen LogP contribution in [0.25, 0.3) is 44.2 Å². The maximum atomic E-state index is 14.4. The first-order valence-corrected chi connectivity index (χ1v) is 16.3. The van der Waals surface area contributed by atoms with Gasteiger partial charge in [0.2, 0.25) is 5.44 Å². The molecule has 0 fully saturated rings. The van der Waals surface area contributed by atoms with Crippen LogP contribution in [0.4, 0.5) is 0 Å². The minimum absolute atomic E-state index is 0.0202. The number of hydrogen-bond acceptors (Lipinski definition) is 5. The molecule has 0 aliphatic heterocycles. The van der Waals surface area contributed by atoms with Crippen molar-refractivity contribution < 1.29 is 25.6 Å². The lowest BCUT2D eigenvalue weighted by atomic mass is 9.93. The van der Waals surface area contributed by atoms with Gasteiger partial charge in [0.1, 0.15) is 4.90 Å². The minimum Gasteiger partial charge on any atom is -0.283 e. The van der Waals surface area contributed by atoms with Crippen molar-refractivity contribution in [3.05, 3.63) is 151 Å². The van der Waals surface area contributed by atoms with Crippen molar-refractivity contribution in [2.45, 2.75) is 10.3 Å². The summed E-state index contributed by atoms with van der Waals surface area (Å²) in [6.45, 7) is 0. The molecule has 1 unspecified atom stereocenters. The largest absolute Gasteiger partial charge is 0.299 e. The number of fused-ring (bicyclic) bond motifs is 1. The van der Waals surface area contributed by atoms with E-state index in [1.165, 1.54) is 12.1 Å². The van der Waals surface area contributed by atoms with Crippen molar-refractivity contribution in [3.63, 3.8) is 0 Å². The van der Waals surface area contributed by atoms with Crippen molar-refractivity contribution >= 4 is 31.0 Å². The average molecular weight is 607 g/mol. The number of rotatable bonds is 8. The second kappa shape index (κ2) is 11.6. The van der Waals surface area contributed by atoms with Crippen LogP contribution in [-0.2, 0) is 24.4 Å². The highest BCUT2D eigenvalue weighted by Crippen LogP contribution is 2.42. The van der Waals surface area contributed by atoms with Crippen molar-refractivity contribution in [2.24, 2.45) is 0 Å². The van der Waals surface area contributed by atoms with Crippen LogP contribution in [-0.4, -0.2) is 21.4 Å². The van der Waals surface area contributed by atoms with Crippen LogP contribution in [0.3, 0.4) is 0 Å². The van der Waals surface area contributed by atoms with Gasteiger partial charge in [0.05, 0.1) is 0 Å². The van der Waals surface area contributed by atoms with Gasteiger partial charge < -0.3 is 0 Å². The van der Waals surface area contributed by atoms with Gasteiger partial charge in [-0.25, -0.2) is 4.18 Å². The van der Waals surface area contributed by atoms with Gasteiger partial charge in [0, 0.05) is 16.7 Å². The summed E-state index contributed by atoms with van der Waals surface area (Å²) in [6, 6.07) is 42.8. The molecule has 0 saturated heterocycles. The molecule has 6 aromatic carbocycles. The monoisotopic (exact) mass is 606 g/mol. The summed E-state index contributed by atoms with van der Waals surface area (Å²) in [5.74, 6) is 0. The molecule has 6 nitrogen and oxygen atoms in total. The Labute approximate surface area is 250 Å². The van der Waals surface area contributed by atoms with E-state index in [0.29, 0.717) is 27.6 Å². The van der Waals surface area contributed by atoms with Crippen molar-refractivity contribution in [1.82, 2.24) is 0 Å². The highest BCUT2D eigenvalue weighted by Gasteiger charge is 2.36. The SMILES string of the molecule is O=S(=O)(OC(c1ccc2ccccc2c1)S(=O)(=O)O)c1c(-c2ccccc2)cc(-c2ccccc2)cc1-c1ccccc1. The number of benzene rings is 6. The van der Waals surface area contributed by atoms with E-state index in [1.54, 1.807) is 78.9 Å². The summed E-state index contributed by atoms with van der Waals surface area (Å²) >= 11 is 0. The molecule has 0 amide bonds. The average Bonchev–Trinajstić information content (AvgIpc) is 3.03. The molecule has 0 aliphatic carbocycles. The molecule has 0 aliphatic rings. The smallest absolute Gasteiger partial charge is 0.283 e. The van der Waals surface area contributed by atoms with Gasteiger partial charge in [0.15, 0.2) is 0 Å². The van der Waals surface area contributed by atoms with Crippen LogP contribution in [0.1, 0.15) is 11.0 Å². The molecule has 0 aromatic heterocycles. The summed E-state index contributed by atoms with van der Waals surface area (Å²) in [7, 11) is -9.88. The first-order chi connectivity index (χ1) is 20.7. The Morgan fingerprint density at radius 3 is 1.47 bits per heavy atom. The Morgan fingerprint density at radius 1 is 0.488 bits per heavy atom. The third-order valence-corrected chi connectivity index (χ3v) is 9.56. The lowest BCUT2D eigenvalue weighted by Crippen LogP contribution is -2.21. The maximum absolute atomic E-state index is 14.4. The molecule has 1 N–H and O–H groups in total. The van der Waals surface area contributed by atoms with Crippen molar-refractivity contribution in [1.29, 1.82) is 0 Å². The molecule has 6 aromatic rings. The Kier molecular flexibility index (Phi) is 7.68. The fraction of sp³-hybridized carbons (Fsp3) is 0.0286. The Balaban J connectivity index is 1.60. The van der Waals surface area contributed by atoms with Gasteiger partial charge >= 0.3 is 0 Å². The normalized spacial score (nSPS) is 12.7. The van der Waals surface area contributed by atoms with Gasteiger partial charge in [-0.05, 0) is 51.2 Å². The van der Waals surface area contributed by atoms with Crippen LogP contribution in [0.15, 0.2) is 150 Å². The van der Waals surface area contributed by atoms with Crippen LogP contribution >= 0.6 is 0 Å². The molecular formula is C35H26O6S2. The molecule has 43 heavy (non-hydrogen) atoms. The van der Waals surface area contributed by atoms with Crippen molar-refractivity contribution in [3.8, 4) is 33.4 Å². The summed E-state index contributed by atoms with van der Waals surface area (Å²) in [5, 5.41) is 1.48. The fourth-order valence-electron chi connectivity index (χ4n) is 5.15. The second-order valence-corrected chi connectivity index (χ2v) is 13.0. The Bertz CT molecular complexity index is 2070. The predicted octanol–water partition coefficient (Wildman–Crippen LogP) is 8.13. The Hall–Kier alpha value is -4.60. The van der Waals surface area contributed by atoms with Gasteiger partial charge in [-0.2, -0.15) is 16.8 Å². The van der Waals surface area contributed by atoms with Crippen molar-refractivity contribution in [2.75, 3.05) is 0 Å². The summed E-state index contributed by atoms with van der Waals surface area (Å²) < 4.78 is 69.9. The number of hydrogen-bond donors (Lipinski definition) is 1. The van der Waals surface area contributed by atoms with E-state index in [4.69, 9.17) is 4.18 Å². The van der Waals surface area contributed by atoms with Crippen LogP contribution in [0.5, 0.6) is 0 Å². The predicted molar refractivity (Wildman–Crippen MR) is 169 cm³/mol. The molecule has 0 radical (unpaired) electrons. The highest BCUT2D eigenvalue weighted by atomic mass is 32.2. The highest BCUT2D eigenvalue weighted by molar-refractivity contribution is 7.89. The molecule has 6 rings (SSSR count). The second-order valence-electron chi connectivity index (χ2n) is 10.0. The third kappa shape index (κ3) is 6.00. The van der Waals surface area contributed by atoms with E-state index < -0.39 is 25.7 Å². The zero-order chi connectivity index (χ0) is 30.0. The molecule has 8 heteroatoms. The zero-order valence-electron chi connectivity index (χ0n) is 22.7. The van der Waals surface area contributed by atoms with Gasteiger partial charge in [-0.1, -0.05) is 127 Å². The van der Waals surface area contributed by atoms with Gasteiger partial charge in [-0.3, -0.25) is 4.55 Å². The fourth-order valence-corrected chi connectivity index (χ4v) is 7.68. The summed E-state index contributed by atoms with van der Waals surface area (Å²) in [4.78, 5) is -0.209. The van der Waals surface area contributed by atoms with E-state index in [0.717, 1.165) is 16.5 Å². The maximum Gasteiger partial charge on any atom is 0.299 e. The molecule has 0 bridgehead atoms. The van der Waals surface area contributed by atoms with Gasteiger partial charge in [-0.15, -0.1) is 0 Å². The van der Waals surface area contributed by atoms with E-state index in [9.17, 15) is 21.4 Å². The molecule has 0 saturated carbocycles. The van der Waals surface area contributed by atoms with E-state index in [1.807, 2.05) is 54.6 Å². The lowest BCUT2D eigenvalue weighted by molar-refractivity contribution is 0.267. The molecule has 214 valence electrons. The summed E-state index contributed by atoms with van der Waals surface area (Å²) in [5.41, 5.74) is 1.26. The lowest BCUT2D eigenvalue weighted by Gasteiger charge is -2.21. The van der Waals surface area contributed by atoms with Crippen LogP contribution in [0, 0.1) is 0 Å². The van der Waals surface area contributed by atoms with Gasteiger partial charge in [0.25, 0.3) is 20.2 Å². The molecule has 0 spiro atoms. The van der Waals surface area contributed by atoms with E-state index in [2.05, 4.69) is 0 Å². The topological polar surface area (TPSA) is 97.7 Å². The minimum atomic E-state index is -5.04. The molecule has 0 heterocycles. The summed E-state index contributed by atoms with van der Waals surface area (Å²) in [6.07, 6.45) is 0. The standard InChI is InChI=1S/C35H26O6S2/c36-42(37,38)35(30-21-20-26-14-10-11-19-29(26)22-30)41-43(39,40)34-32(27-15-6-2-7-16-27)23-31(25-12-4-1-5-13-25)24-33(34)28-17-8-3-9-18-28/h1-24,35H,(H,36,37,38). The molecule has 1 atom stereocenters. The van der Waals surface area contributed by atoms with Crippen LogP contribution in [0.2, 0.25) is 0 Å². The molecular weight excluding hydrogens is 581 g/mol. The first-order valence-electron chi connectivity index (χ1n) is 13.4.